The van der Waals surface area contributed by atoms with Gasteiger partial charge in [0.05, 0.1) is 6.61 Å². The highest BCUT2D eigenvalue weighted by atomic mass is 16.8. The van der Waals surface area contributed by atoms with Crippen molar-refractivity contribution in [2.45, 2.75) is 64.6 Å². The Hall–Kier alpha value is -0.890. The van der Waals surface area contributed by atoms with E-state index in [1.807, 2.05) is 34.6 Å². The lowest BCUT2D eigenvalue weighted by Gasteiger charge is -2.19. The molecule has 3 N–H and O–H groups in total. The molecule has 1 amide bonds. The maximum atomic E-state index is 11.4. The average molecular weight is 318 g/mol. The number of alkyl carbamates (subject to hydrolysis) is 1. The van der Waals surface area contributed by atoms with Gasteiger partial charge in [0.1, 0.15) is 17.8 Å². The summed E-state index contributed by atoms with van der Waals surface area (Å²) in [6.07, 6.45) is -0.0941. The molecule has 1 aliphatic heterocycles. The van der Waals surface area contributed by atoms with Gasteiger partial charge in [0, 0.05) is 13.1 Å². The van der Waals surface area contributed by atoms with Gasteiger partial charge in [-0.05, 0) is 47.6 Å². The van der Waals surface area contributed by atoms with Crippen molar-refractivity contribution in [3.63, 3.8) is 0 Å². The number of rotatable bonds is 7. The third-order valence-corrected chi connectivity index (χ3v) is 3.01. The van der Waals surface area contributed by atoms with E-state index in [2.05, 4.69) is 10.6 Å². The molecule has 0 aromatic rings. The van der Waals surface area contributed by atoms with Crippen LogP contribution in [0.4, 0.5) is 4.79 Å². The molecule has 0 spiro atoms. The predicted octanol–water partition coefficient (Wildman–Crippen LogP) is 1.00. The molecule has 1 aliphatic rings. The third-order valence-electron chi connectivity index (χ3n) is 3.01. The maximum absolute atomic E-state index is 11.4. The first kappa shape index (κ1) is 19.2. The van der Waals surface area contributed by atoms with E-state index in [9.17, 15) is 9.90 Å². The van der Waals surface area contributed by atoms with E-state index in [1.165, 1.54) is 0 Å². The van der Waals surface area contributed by atoms with Crippen LogP contribution in [0.25, 0.3) is 0 Å². The quantitative estimate of drug-likeness (QED) is 0.607. The van der Waals surface area contributed by atoms with E-state index in [1.54, 1.807) is 0 Å². The van der Waals surface area contributed by atoms with Crippen LogP contribution < -0.4 is 10.6 Å². The summed E-state index contributed by atoms with van der Waals surface area (Å²) in [7, 11) is 0. The first-order valence-corrected chi connectivity index (χ1v) is 7.77. The summed E-state index contributed by atoms with van der Waals surface area (Å²) >= 11 is 0. The summed E-state index contributed by atoms with van der Waals surface area (Å²) in [5, 5.41) is 15.2. The molecule has 0 unspecified atom stereocenters. The topological polar surface area (TPSA) is 89.1 Å². The Bertz CT molecular complexity index is 354. The molecule has 0 saturated carbocycles. The lowest BCUT2D eigenvalue weighted by Crippen LogP contribution is -2.38. The Morgan fingerprint density at radius 2 is 1.86 bits per heavy atom. The van der Waals surface area contributed by atoms with Gasteiger partial charge >= 0.3 is 6.09 Å². The molecule has 0 radical (unpaired) electrons. The van der Waals surface area contributed by atoms with Gasteiger partial charge < -0.3 is 30.0 Å². The third kappa shape index (κ3) is 7.40. The number of aliphatic hydroxyl groups excluding tert-OH is 1. The summed E-state index contributed by atoms with van der Waals surface area (Å²) in [5.41, 5.74) is -0.478. The molecule has 1 heterocycles. The van der Waals surface area contributed by atoms with Gasteiger partial charge in [0.25, 0.3) is 0 Å². The minimum Gasteiger partial charge on any atom is -0.444 e. The van der Waals surface area contributed by atoms with Crippen molar-refractivity contribution in [1.82, 2.24) is 10.6 Å². The van der Waals surface area contributed by atoms with Gasteiger partial charge in [0.2, 0.25) is 0 Å². The van der Waals surface area contributed by atoms with Crippen molar-refractivity contribution < 1.29 is 24.1 Å². The van der Waals surface area contributed by atoms with Crippen molar-refractivity contribution in [3.05, 3.63) is 0 Å². The van der Waals surface area contributed by atoms with Crippen molar-refractivity contribution in [2.24, 2.45) is 0 Å². The lowest BCUT2D eigenvalue weighted by molar-refractivity contribution is -0.148. The Balaban J connectivity index is 2.10. The fraction of sp³-hybridized carbons (Fsp3) is 0.933. The molecule has 7 nitrogen and oxygen atoms in total. The van der Waals surface area contributed by atoms with E-state index >= 15 is 0 Å². The maximum Gasteiger partial charge on any atom is 0.407 e. The van der Waals surface area contributed by atoms with Crippen molar-refractivity contribution >= 4 is 6.09 Å². The second kappa shape index (κ2) is 8.10. The van der Waals surface area contributed by atoms with Crippen LogP contribution in [0.1, 0.15) is 41.0 Å². The summed E-state index contributed by atoms with van der Waals surface area (Å²) in [6.45, 7) is 11.0. The molecule has 22 heavy (non-hydrogen) atoms. The summed E-state index contributed by atoms with van der Waals surface area (Å²) < 4.78 is 16.4. The molecule has 0 bridgehead atoms. The van der Waals surface area contributed by atoms with Crippen LogP contribution in [0.2, 0.25) is 0 Å². The normalized spacial score (nSPS) is 24.3. The van der Waals surface area contributed by atoms with E-state index in [0.29, 0.717) is 13.1 Å². The monoisotopic (exact) mass is 318 g/mol. The average Bonchev–Trinajstić information content (AvgIpc) is 2.66. The summed E-state index contributed by atoms with van der Waals surface area (Å²) in [4.78, 5) is 11.4. The number of carbonyl (C=O) groups is 1. The zero-order valence-electron chi connectivity index (χ0n) is 14.3. The highest BCUT2D eigenvalue weighted by molar-refractivity contribution is 5.67. The number of amides is 1. The standard InChI is InChI=1S/C15H30N2O5/c1-14(2,3)22-13(19)17-8-6-7-16-9-11-12(10-18)21-15(4,5)20-11/h11-12,16,18H,6-10H2,1-5H3,(H,17,19)/t11-,12+/m0/s1. The Kier molecular flexibility index (Phi) is 7.05. The number of nitrogens with one attached hydrogen (secondary N) is 2. The largest absolute Gasteiger partial charge is 0.444 e. The van der Waals surface area contributed by atoms with Crippen LogP contribution in [0.5, 0.6) is 0 Å². The van der Waals surface area contributed by atoms with Crippen LogP contribution in [0.15, 0.2) is 0 Å². The summed E-state index contributed by atoms with van der Waals surface area (Å²) in [6, 6.07) is 0. The molecule has 7 heteroatoms. The van der Waals surface area contributed by atoms with Crippen LogP contribution in [0.3, 0.4) is 0 Å². The molecule has 1 fully saturated rings. The fourth-order valence-electron chi connectivity index (χ4n) is 2.20. The molecule has 1 rings (SSSR count). The smallest absolute Gasteiger partial charge is 0.407 e. The SMILES string of the molecule is CC(C)(C)OC(=O)NCCCNC[C@@H]1OC(C)(C)O[C@@H]1CO. The lowest BCUT2D eigenvalue weighted by atomic mass is 10.2. The zero-order valence-corrected chi connectivity index (χ0v) is 14.3. The van der Waals surface area contributed by atoms with Gasteiger partial charge in [0.15, 0.2) is 5.79 Å². The predicted molar refractivity (Wildman–Crippen MR) is 82.6 cm³/mol. The summed E-state index contributed by atoms with van der Waals surface area (Å²) in [5.74, 6) is -0.655. The number of aliphatic hydroxyl groups is 1. The molecular weight excluding hydrogens is 288 g/mol. The number of hydrogen-bond donors (Lipinski definition) is 3. The van der Waals surface area contributed by atoms with Crippen LogP contribution >= 0.6 is 0 Å². The molecule has 1 saturated heterocycles. The van der Waals surface area contributed by atoms with Gasteiger partial charge in [-0.2, -0.15) is 0 Å². The van der Waals surface area contributed by atoms with E-state index < -0.39 is 17.5 Å². The van der Waals surface area contributed by atoms with Gasteiger partial charge in [-0.1, -0.05) is 0 Å². The van der Waals surface area contributed by atoms with E-state index in [0.717, 1.165) is 13.0 Å². The highest BCUT2D eigenvalue weighted by Gasteiger charge is 2.40. The first-order valence-electron chi connectivity index (χ1n) is 7.77. The first-order chi connectivity index (χ1) is 10.1. The Morgan fingerprint density at radius 3 is 2.45 bits per heavy atom. The highest BCUT2D eigenvalue weighted by Crippen LogP contribution is 2.27. The molecule has 0 aromatic heterocycles. The fourth-order valence-corrected chi connectivity index (χ4v) is 2.20. The minimum absolute atomic E-state index is 0.0595. The molecule has 0 aromatic carbocycles. The van der Waals surface area contributed by atoms with Crippen molar-refractivity contribution in [1.29, 1.82) is 0 Å². The Morgan fingerprint density at radius 1 is 1.23 bits per heavy atom. The Labute approximate surface area is 132 Å². The molecule has 130 valence electrons. The van der Waals surface area contributed by atoms with Crippen molar-refractivity contribution in [3.8, 4) is 0 Å². The van der Waals surface area contributed by atoms with Crippen LogP contribution in [0, 0.1) is 0 Å². The van der Waals surface area contributed by atoms with Crippen molar-refractivity contribution in [2.75, 3.05) is 26.2 Å². The number of hydrogen-bond acceptors (Lipinski definition) is 6. The van der Waals surface area contributed by atoms with Crippen LogP contribution in [-0.2, 0) is 14.2 Å². The van der Waals surface area contributed by atoms with Gasteiger partial charge in [-0.15, -0.1) is 0 Å². The van der Waals surface area contributed by atoms with E-state index in [-0.39, 0.29) is 18.8 Å². The van der Waals surface area contributed by atoms with E-state index in [4.69, 9.17) is 14.2 Å². The second-order valence-electron chi connectivity index (χ2n) is 6.88. The van der Waals surface area contributed by atoms with Gasteiger partial charge in [-0.3, -0.25) is 0 Å². The second-order valence-corrected chi connectivity index (χ2v) is 6.88. The van der Waals surface area contributed by atoms with Crippen LogP contribution in [-0.4, -0.2) is 61.0 Å². The zero-order chi connectivity index (χ0) is 16.8. The molecule has 2 atom stereocenters. The number of ether oxygens (including phenoxy) is 3. The van der Waals surface area contributed by atoms with Gasteiger partial charge in [-0.25, -0.2) is 4.79 Å². The molecular formula is C15H30N2O5. The minimum atomic E-state index is -0.655. The number of carbonyl (C=O) groups excluding carboxylic acids is 1. The molecule has 0 aliphatic carbocycles.